The lowest BCUT2D eigenvalue weighted by atomic mass is 10.2. The molecule has 0 saturated carbocycles. The number of halogens is 1. The smallest absolute Gasteiger partial charge is 0.230 e. The third-order valence-electron chi connectivity index (χ3n) is 2.53. The van der Waals surface area contributed by atoms with Crippen LogP contribution in [0.15, 0.2) is 54.9 Å². The van der Waals surface area contributed by atoms with Crippen molar-refractivity contribution in [3.05, 3.63) is 59.9 Å². The van der Waals surface area contributed by atoms with Gasteiger partial charge in [-0.15, -0.1) is 0 Å². The van der Waals surface area contributed by atoms with Gasteiger partial charge in [0, 0.05) is 5.02 Å². The van der Waals surface area contributed by atoms with Crippen molar-refractivity contribution in [1.29, 1.82) is 0 Å². The molecule has 0 N–H and O–H groups in total. The molecule has 0 saturated heterocycles. The van der Waals surface area contributed by atoms with E-state index in [1.54, 1.807) is 24.3 Å². The second kappa shape index (κ2) is 4.63. The summed E-state index contributed by atoms with van der Waals surface area (Å²) in [6, 6.07) is 14.9. The number of fused-ring (bicyclic) bond motifs is 1. The van der Waals surface area contributed by atoms with Gasteiger partial charge in [-0.05, 0) is 36.4 Å². The van der Waals surface area contributed by atoms with Crippen LogP contribution < -0.4 is 4.74 Å². The summed E-state index contributed by atoms with van der Waals surface area (Å²) in [5.41, 5.74) is 0.858. The molecule has 0 unspecified atom stereocenters. The first-order valence-electron chi connectivity index (χ1n) is 5.46. The van der Waals surface area contributed by atoms with Crippen molar-refractivity contribution in [3.63, 3.8) is 0 Å². The maximum atomic E-state index is 5.83. The van der Waals surface area contributed by atoms with E-state index in [1.165, 1.54) is 6.33 Å². The van der Waals surface area contributed by atoms with E-state index in [-0.39, 0.29) is 0 Å². The molecular formula is C14H9ClN2O. The van der Waals surface area contributed by atoms with Crippen LogP contribution in [-0.4, -0.2) is 9.97 Å². The lowest BCUT2D eigenvalue weighted by Gasteiger charge is -2.06. The SMILES string of the molecule is Clc1ccc(Oc2ncnc3ccccc23)cc1. The van der Waals surface area contributed by atoms with E-state index in [2.05, 4.69) is 9.97 Å². The summed E-state index contributed by atoms with van der Waals surface area (Å²) in [6.45, 7) is 0. The number of para-hydroxylation sites is 1. The normalized spacial score (nSPS) is 10.5. The molecule has 0 radical (unpaired) electrons. The van der Waals surface area contributed by atoms with Crippen molar-refractivity contribution in [1.82, 2.24) is 9.97 Å². The zero-order chi connectivity index (χ0) is 12.4. The number of nitrogens with zero attached hydrogens (tertiary/aromatic N) is 2. The summed E-state index contributed by atoms with van der Waals surface area (Å²) in [7, 11) is 0. The predicted molar refractivity (Wildman–Crippen MR) is 71.1 cm³/mol. The molecule has 88 valence electrons. The Labute approximate surface area is 109 Å². The van der Waals surface area contributed by atoms with Crippen molar-refractivity contribution in [2.75, 3.05) is 0 Å². The van der Waals surface area contributed by atoms with Gasteiger partial charge in [-0.1, -0.05) is 23.7 Å². The molecule has 1 heterocycles. The van der Waals surface area contributed by atoms with Gasteiger partial charge < -0.3 is 4.74 Å². The van der Waals surface area contributed by atoms with Gasteiger partial charge in [0.05, 0.1) is 10.9 Å². The summed E-state index contributed by atoms with van der Waals surface area (Å²) in [5, 5.41) is 1.56. The monoisotopic (exact) mass is 256 g/mol. The van der Waals surface area contributed by atoms with Gasteiger partial charge in [0.15, 0.2) is 0 Å². The standard InChI is InChI=1S/C14H9ClN2O/c15-10-5-7-11(8-6-10)18-14-12-3-1-2-4-13(12)16-9-17-14/h1-9H. The van der Waals surface area contributed by atoms with E-state index in [1.807, 2.05) is 24.3 Å². The molecule has 0 aliphatic rings. The van der Waals surface area contributed by atoms with Crippen molar-refractivity contribution >= 4 is 22.5 Å². The Morgan fingerprint density at radius 1 is 0.889 bits per heavy atom. The van der Waals surface area contributed by atoms with Gasteiger partial charge in [0.25, 0.3) is 0 Å². The van der Waals surface area contributed by atoms with Crippen LogP contribution in [0.1, 0.15) is 0 Å². The number of rotatable bonds is 2. The van der Waals surface area contributed by atoms with E-state index >= 15 is 0 Å². The average Bonchev–Trinajstić information content (AvgIpc) is 2.42. The molecular weight excluding hydrogens is 248 g/mol. The minimum Gasteiger partial charge on any atom is -0.438 e. The fourth-order valence-electron chi connectivity index (χ4n) is 1.68. The van der Waals surface area contributed by atoms with Crippen molar-refractivity contribution < 1.29 is 4.74 Å². The van der Waals surface area contributed by atoms with Crippen LogP contribution >= 0.6 is 11.6 Å². The highest BCUT2D eigenvalue weighted by atomic mass is 35.5. The molecule has 2 aromatic carbocycles. The second-order valence-electron chi connectivity index (χ2n) is 3.75. The minimum atomic E-state index is 0.544. The van der Waals surface area contributed by atoms with Gasteiger partial charge in [-0.3, -0.25) is 0 Å². The van der Waals surface area contributed by atoms with Crippen LogP contribution in [0.25, 0.3) is 10.9 Å². The number of hydrogen-bond donors (Lipinski definition) is 0. The van der Waals surface area contributed by atoms with E-state index in [0.29, 0.717) is 16.7 Å². The third kappa shape index (κ3) is 2.13. The summed E-state index contributed by atoms with van der Waals surface area (Å²) < 4.78 is 5.74. The van der Waals surface area contributed by atoms with E-state index < -0.39 is 0 Å². The molecule has 1 aromatic heterocycles. The molecule has 0 atom stereocenters. The Morgan fingerprint density at radius 2 is 1.67 bits per heavy atom. The van der Waals surface area contributed by atoms with Gasteiger partial charge in [0.2, 0.25) is 5.88 Å². The topological polar surface area (TPSA) is 35.0 Å². The molecule has 3 nitrogen and oxygen atoms in total. The Morgan fingerprint density at radius 3 is 2.50 bits per heavy atom. The van der Waals surface area contributed by atoms with Crippen LogP contribution in [0.3, 0.4) is 0 Å². The van der Waals surface area contributed by atoms with Crippen LogP contribution in [0.2, 0.25) is 5.02 Å². The summed E-state index contributed by atoms with van der Waals surface area (Å²) in [5.74, 6) is 1.24. The summed E-state index contributed by atoms with van der Waals surface area (Å²) in [4.78, 5) is 8.34. The lowest BCUT2D eigenvalue weighted by Crippen LogP contribution is -1.90. The number of aromatic nitrogens is 2. The first-order chi connectivity index (χ1) is 8.83. The van der Waals surface area contributed by atoms with Crippen LogP contribution in [0.5, 0.6) is 11.6 Å². The zero-order valence-electron chi connectivity index (χ0n) is 9.38. The van der Waals surface area contributed by atoms with E-state index in [4.69, 9.17) is 16.3 Å². The average molecular weight is 257 g/mol. The number of hydrogen-bond acceptors (Lipinski definition) is 3. The lowest BCUT2D eigenvalue weighted by molar-refractivity contribution is 0.468. The zero-order valence-corrected chi connectivity index (χ0v) is 10.1. The quantitative estimate of drug-likeness (QED) is 0.693. The number of benzene rings is 2. The summed E-state index contributed by atoms with van der Waals surface area (Å²) in [6.07, 6.45) is 1.49. The van der Waals surface area contributed by atoms with Gasteiger partial charge >= 0.3 is 0 Å². The van der Waals surface area contributed by atoms with Crippen molar-refractivity contribution in [2.24, 2.45) is 0 Å². The Balaban J connectivity index is 2.02. The molecule has 0 bridgehead atoms. The highest BCUT2D eigenvalue weighted by molar-refractivity contribution is 6.30. The number of ether oxygens (including phenoxy) is 1. The highest BCUT2D eigenvalue weighted by Gasteiger charge is 2.05. The Kier molecular flexibility index (Phi) is 2.82. The maximum absolute atomic E-state index is 5.83. The molecule has 3 aromatic rings. The van der Waals surface area contributed by atoms with Gasteiger partial charge in [0.1, 0.15) is 12.1 Å². The molecule has 0 aliphatic carbocycles. The Bertz CT molecular complexity index is 677. The van der Waals surface area contributed by atoms with Gasteiger partial charge in [-0.25, -0.2) is 9.97 Å². The van der Waals surface area contributed by atoms with E-state index in [0.717, 1.165) is 10.9 Å². The minimum absolute atomic E-state index is 0.544. The van der Waals surface area contributed by atoms with Crippen LogP contribution in [0, 0.1) is 0 Å². The first-order valence-corrected chi connectivity index (χ1v) is 5.84. The van der Waals surface area contributed by atoms with Crippen LogP contribution in [0.4, 0.5) is 0 Å². The highest BCUT2D eigenvalue weighted by Crippen LogP contribution is 2.26. The fourth-order valence-corrected chi connectivity index (χ4v) is 1.80. The Hall–Kier alpha value is -2.13. The second-order valence-corrected chi connectivity index (χ2v) is 4.19. The third-order valence-corrected chi connectivity index (χ3v) is 2.79. The largest absolute Gasteiger partial charge is 0.438 e. The maximum Gasteiger partial charge on any atom is 0.230 e. The predicted octanol–water partition coefficient (Wildman–Crippen LogP) is 4.08. The molecule has 0 amide bonds. The summed E-state index contributed by atoms with van der Waals surface area (Å²) >= 11 is 5.83. The first kappa shape index (κ1) is 11.0. The van der Waals surface area contributed by atoms with Crippen molar-refractivity contribution in [2.45, 2.75) is 0 Å². The van der Waals surface area contributed by atoms with Crippen LogP contribution in [-0.2, 0) is 0 Å². The van der Waals surface area contributed by atoms with Crippen molar-refractivity contribution in [3.8, 4) is 11.6 Å². The molecule has 0 aliphatic heterocycles. The fraction of sp³-hybridized carbons (Fsp3) is 0. The van der Waals surface area contributed by atoms with E-state index in [9.17, 15) is 0 Å². The molecule has 0 spiro atoms. The molecule has 3 rings (SSSR count). The van der Waals surface area contributed by atoms with Gasteiger partial charge in [-0.2, -0.15) is 0 Å². The molecule has 18 heavy (non-hydrogen) atoms. The molecule has 4 heteroatoms. The molecule has 0 fully saturated rings.